The minimum atomic E-state index is -0.0941. The number of benzene rings is 1. The highest BCUT2D eigenvalue weighted by Crippen LogP contribution is 2.03. The van der Waals surface area contributed by atoms with Crippen LogP contribution in [-0.4, -0.2) is 20.7 Å². The van der Waals surface area contributed by atoms with E-state index in [1.165, 1.54) is 17.3 Å². The molecule has 94 valence electrons. The van der Waals surface area contributed by atoms with Gasteiger partial charge < -0.3 is 11.1 Å². The lowest BCUT2D eigenvalue weighted by atomic mass is 10.1. The second kappa shape index (κ2) is 5.92. The third-order valence-corrected chi connectivity index (χ3v) is 2.52. The largest absolute Gasteiger partial charge is 0.350 e. The minimum absolute atomic E-state index is 0.0941. The molecule has 2 rings (SSSR count). The molecule has 0 bridgehead atoms. The van der Waals surface area contributed by atoms with Gasteiger partial charge in [-0.05, 0) is 11.1 Å². The van der Waals surface area contributed by atoms with Crippen LogP contribution < -0.4 is 11.1 Å². The quantitative estimate of drug-likeness (QED) is 0.779. The van der Waals surface area contributed by atoms with Gasteiger partial charge in [0.25, 0.3) is 0 Å². The Morgan fingerprint density at radius 1 is 1.28 bits per heavy atom. The summed E-state index contributed by atoms with van der Waals surface area (Å²) in [6, 6.07) is 7.83. The molecular formula is C12H15N5O. The number of hydrogen-bond donors (Lipinski definition) is 2. The number of aromatic nitrogens is 3. The number of nitrogens with two attached hydrogens (primary N) is 1. The van der Waals surface area contributed by atoms with Gasteiger partial charge in [-0.25, -0.2) is 9.67 Å². The molecule has 0 aliphatic heterocycles. The molecule has 0 fully saturated rings. The van der Waals surface area contributed by atoms with Gasteiger partial charge >= 0.3 is 0 Å². The first-order chi connectivity index (χ1) is 8.78. The Balaban J connectivity index is 1.81. The first-order valence-corrected chi connectivity index (χ1v) is 5.65. The van der Waals surface area contributed by atoms with E-state index in [1.807, 2.05) is 24.3 Å². The Morgan fingerprint density at radius 3 is 2.61 bits per heavy atom. The van der Waals surface area contributed by atoms with E-state index in [2.05, 4.69) is 15.4 Å². The van der Waals surface area contributed by atoms with Crippen LogP contribution in [0.15, 0.2) is 36.9 Å². The van der Waals surface area contributed by atoms with Crippen LogP contribution in [0.5, 0.6) is 0 Å². The molecule has 2 aromatic rings. The summed E-state index contributed by atoms with van der Waals surface area (Å²) in [6.07, 6.45) is 2.91. The van der Waals surface area contributed by atoms with Crippen molar-refractivity contribution in [3.05, 3.63) is 48.0 Å². The van der Waals surface area contributed by atoms with Crippen LogP contribution in [0.1, 0.15) is 11.1 Å². The number of carbonyl (C=O) groups excluding carboxylic acids is 1. The zero-order valence-corrected chi connectivity index (χ0v) is 9.91. The highest BCUT2D eigenvalue weighted by Gasteiger charge is 2.02. The number of nitrogens with zero attached hydrogens (tertiary/aromatic N) is 3. The second-order valence-electron chi connectivity index (χ2n) is 3.89. The van der Waals surface area contributed by atoms with E-state index in [-0.39, 0.29) is 12.5 Å². The van der Waals surface area contributed by atoms with Crippen molar-refractivity contribution in [1.82, 2.24) is 20.1 Å². The van der Waals surface area contributed by atoms with Crippen LogP contribution in [0.3, 0.4) is 0 Å². The van der Waals surface area contributed by atoms with Crippen LogP contribution in [0.2, 0.25) is 0 Å². The highest BCUT2D eigenvalue weighted by atomic mass is 16.2. The molecule has 1 aromatic carbocycles. The Bertz CT molecular complexity index is 492. The molecule has 0 spiro atoms. The predicted molar refractivity (Wildman–Crippen MR) is 66.2 cm³/mol. The van der Waals surface area contributed by atoms with Crippen molar-refractivity contribution in [2.45, 2.75) is 19.6 Å². The van der Waals surface area contributed by atoms with Gasteiger partial charge in [-0.15, -0.1) is 0 Å². The lowest BCUT2D eigenvalue weighted by Gasteiger charge is -2.06. The molecule has 3 N–H and O–H groups in total. The third kappa shape index (κ3) is 3.39. The predicted octanol–water partition coefficient (Wildman–Crippen LogP) is 0.0532. The van der Waals surface area contributed by atoms with E-state index in [0.29, 0.717) is 13.1 Å². The Morgan fingerprint density at radius 2 is 2.00 bits per heavy atom. The van der Waals surface area contributed by atoms with Gasteiger partial charge in [0.05, 0.1) is 0 Å². The van der Waals surface area contributed by atoms with Gasteiger partial charge in [0.2, 0.25) is 5.91 Å². The maximum absolute atomic E-state index is 11.6. The SMILES string of the molecule is NCc1ccc(CNC(=O)Cn2cncn2)cc1. The first-order valence-electron chi connectivity index (χ1n) is 5.65. The molecule has 0 atom stereocenters. The first kappa shape index (κ1) is 12.3. The monoisotopic (exact) mass is 245 g/mol. The molecule has 0 aliphatic carbocycles. The molecule has 6 heteroatoms. The van der Waals surface area contributed by atoms with Crippen LogP contribution in [0.25, 0.3) is 0 Å². The molecule has 0 radical (unpaired) electrons. The molecule has 0 aliphatic rings. The molecular weight excluding hydrogens is 230 g/mol. The van der Waals surface area contributed by atoms with Crippen LogP contribution in [0.4, 0.5) is 0 Å². The van der Waals surface area contributed by atoms with Crippen molar-refractivity contribution in [3.8, 4) is 0 Å². The average Bonchev–Trinajstić information content (AvgIpc) is 2.90. The summed E-state index contributed by atoms with van der Waals surface area (Å²) in [4.78, 5) is 15.4. The fourth-order valence-electron chi connectivity index (χ4n) is 1.51. The number of nitrogens with one attached hydrogen (secondary N) is 1. The summed E-state index contributed by atoms with van der Waals surface area (Å²) >= 11 is 0. The summed E-state index contributed by atoms with van der Waals surface area (Å²) < 4.78 is 1.48. The van der Waals surface area contributed by atoms with Gasteiger partial charge in [-0.1, -0.05) is 24.3 Å². The van der Waals surface area contributed by atoms with Crippen molar-refractivity contribution in [3.63, 3.8) is 0 Å². The molecule has 1 amide bonds. The zero-order chi connectivity index (χ0) is 12.8. The van der Waals surface area contributed by atoms with Crippen molar-refractivity contribution in [2.75, 3.05) is 0 Å². The number of hydrogen-bond acceptors (Lipinski definition) is 4. The van der Waals surface area contributed by atoms with Crippen molar-refractivity contribution < 1.29 is 4.79 Å². The third-order valence-electron chi connectivity index (χ3n) is 2.52. The number of amides is 1. The smallest absolute Gasteiger partial charge is 0.242 e. The van der Waals surface area contributed by atoms with Gasteiger partial charge in [0, 0.05) is 13.1 Å². The zero-order valence-electron chi connectivity index (χ0n) is 9.91. The maximum Gasteiger partial charge on any atom is 0.242 e. The second-order valence-corrected chi connectivity index (χ2v) is 3.89. The Hall–Kier alpha value is -2.21. The molecule has 0 saturated carbocycles. The lowest BCUT2D eigenvalue weighted by Crippen LogP contribution is -2.27. The molecule has 1 heterocycles. The summed E-state index contributed by atoms with van der Waals surface area (Å²) in [5, 5.41) is 6.68. The van der Waals surface area contributed by atoms with Crippen molar-refractivity contribution in [2.24, 2.45) is 5.73 Å². The molecule has 1 aromatic heterocycles. The number of rotatable bonds is 5. The van der Waals surface area contributed by atoms with Gasteiger partial charge in [-0.3, -0.25) is 4.79 Å². The van der Waals surface area contributed by atoms with E-state index in [4.69, 9.17) is 5.73 Å². The minimum Gasteiger partial charge on any atom is -0.350 e. The summed E-state index contributed by atoms with van der Waals surface area (Å²) in [5.41, 5.74) is 7.63. The normalized spacial score (nSPS) is 10.3. The van der Waals surface area contributed by atoms with Gasteiger partial charge in [-0.2, -0.15) is 5.10 Å². The Kier molecular flexibility index (Phi) is 4.03. The van der Waals surface area contributed by atoms with Gasteiger partial charge in [0.15, 0.2) is 0 Å². The van der Waals surface area contributed by atoms with E-state index >= 15 is 0 Å². The van der Waals surface area contributed by atoms with E-state index < -0.39 is 0 Å². The molecule has 0 saturated heterocycles. The standard InChI is InChI=1S/C12H15N5O/c13-5-10-1-3-11(4-2-10)6-15-12(18)7-17-9-14-8-16-17/h1-4,8-9H,5-7,13H2,(H,15,18). The van der Waals surface area contributed by atoms with E-state index in [9.17, 15) is 4.79 Å². The number of carbonyl (C=O) groups is 1. The highest BCUT2D eigenvalue weighted by molar-refractivity contribution is 5.75. The maximum atomic E-state index is 11.6. The van der Waals surface area contributed by atoms with Gasteiger partial charge in [0.1, 0.15) is 19.2 Å². The summed E-state index contributed by atoms with van der Waals surface area (Å²) in [5.74, 6) is -0.0941. The fraction of sp³-hybridized carbons (Fsp3) is 0.250. The summed E-state index contributed by atoms with van der Waals surface area (Å²) in [7, 11) is 0. The van der Waals surface area contributed by atoms with E-state index in [1.54, 1.807) is 0 Å². The summed E-state index contributed by atoms with van der Waals surface area (Å²) in [6.45, 7) is 1.21. The van der Waals surface area contributed by atoms with Crippen LogP contribution in [-0.2, 0) is 24.4 Å². The molecule has 18 heavy (non-hydrogen) atoms. The average molecular weight is 245 g/mol. The van der Waals surface area contributed by atoms with Crippen LogP contribution >= 0.6 is 0 Å². The fourth-order valence-corrected chi connectivity index (χ4v) is 1.51. The molecule has 6 nitrogen and oxygen atoms in total. The molecule has 0 unspecified atom stereocenters. The van der Waals surface area contributed by atoms with Crippen molar-refractivity contribution in [1.29, 1.82) is 0 Å². The lowest BCUT2D eigenvalue weighted by molar-refractivity contribution is -0.122. The van der Waals surface area contributed by atoms with E-state index in [0.717, 1.165) is 11.1 Å². The topological polar surface area (TPSA) is 85.8 Å². The Labute approximate surface area is 105 Å². The van der Waals surface area contributed by atoms with Crippen molar-refractivity contribution >= 4 is 5.91 Å². The van der Waals surface area contributed by atoms with Crippen LogP contribution in [0, 0.1) is 0 Å².